The SMILES string of the molecule is N#C/C(=C\c1ccc(O)c(O)c1)C(=O)Nc1nccs1. The highest BCUT2D eigenvalue weighted by atomic mass is 32.1. The highest BCUT2D eigenvalue weighted by Crippen LogP contribution is 2.26. The first kappa shape index (κ1) is 13.6. The number of anilines is 1. The summed E-state index contributed by atoms with van der Waals surface area (Å²) in [5, 5.41) is 32.1. The van der Waals surface area contributed by atoms with Gasteiger partial charge in [-0.2, -0.15) is 5.26 Å². The second kappa shape index (κ2) is 5.86. The molecular weight excluding hydrogens is 278 g/mol. The normalized spacial score (nSPS) is 10.8. The zero-order valence-corrected chi connectivity index (χ0v) is 10.9. The van der Waals surface area contributed by atoms with E-state index in [0.717, 1.165) is 0 Å². The third-order valence-electron chi connectivity index (χ3n) is 2.33. The van der Waals surface area contributed by atoms with Crippen molar-refractivity contribution < 1.29 is 15.0 Å². The van der Waals surface area contributed by atoms with Crippen molar-refractivity contribution in [3.8, 4) is 17.6 Å². The number of aromatic hydroxyl groups is 2. The van der Waals surface area contributed by atoms with Crippen molar-refractivity contribution in [2.24, 2.45) is 0 Å². The predicted molar refractivity (Wildman–Crippen MR) is 74.1 cm³/mol. The van der Waals surface area contributed by atoms with Crippen LogP contribution in [0.25, 0.3) is 6.08 Å². The van der Waals surface area contributed by atoms with Crippen LogP contribution in [0.4, 0.5) is 5.13 Å². The van der Waals surface area contributed by atoms with E-state index in [1.807, 2.05) is 0 Å². The number of aromatic nitrogens is 1. The maximum absolute atomic E-state index is 11.9. The maximum Gasteiger partial charge on any atom is 0.268 e. The molecule has 2 rings (SSSR count). The number of hydrogen-bond donors (Lipinski definition) is 3. The number of phenolic OH excluding ortho intramolecular Hbond substituents is 2. The number of rotatable bonds is 3. The van der Waals surface area contributed by atoms with Crippen LogP contribution >= 0.6 is 11.3 Å². The molecule has 7 heteroatoms. The summed E-state index contributed by atoms with van der Waals surface area (Å²) >= 11 is 1.24. The van der Waals surface area contributed by atoms with Gasteiger partial charge in [-0.3, -0.25) is 10.1 Å². The molecule has 0 spiro atoms. The number of carbonyl (C=O) groups excluding carboxylic acids is 1. The number of carbonyl (C=O) groups is 1. The lowest BCUT2D eigenvalue weighted by atomic mass is 10.1. The van der Waals surface area contributed by atoms with E-state index < -0.39 is 5.91 Å². The smallest absolute Gasteiger partial charge is 0.268 e. The van der Waals surface area contributed by atoms with Crippen LogP contribution in [0, 0.1) is 11.3 Å². The molecule has 0 aliphatic rings. The predicted octanol–water partition coefficient (Wildman–Crippen LogP) is 2.10. The van der Waals surface area contributed by atoms with Crippen LogP contribution in [0.3, 0.4) is 0 Å². The summed E-state index contributed by atoms with van der Waals surface area (Å²) in [5.41, 5.74) is 0.288. The first-order valence-corrected chi connectivity index (χ1v) is 6.32. The van der Waals surface area contributed by atoms with Gasteiger partial charge in [0.2, 0.25) is 0 Å². The number of thiazole rings is 1. The van der Waals surface area contributed by atoms with E-state index in [1.54, 1.807) is 11.4 Å². The van der Waals surface area contributed by atoms with Gasteiger partial charge in [0.1, 0.15) is 11.6 Å². The van der Waals surface area contributed by atoms with Gasteiger partial charge in [0.15, 0.2) is 16.6 Å². The molecule has 0 saturated heterocycles. The van der Waals surface area contributed by atoms with E-state index >= 15 is 0 Å². The Hall–Kier alpha value is -2.85. The van der Waals surface area contributed by atoms with Gasteiger partial charge in [-0.1, -0.05) is 6.07 Å². The third-order valence-corrected chi connectivity index (χ3v) is 3.02. The zero-order chi connectivity index (χ0) is 14.5. The number of benzene rings is 1. The van der Waals surface area contributed by atoms with Crippen LogP contribution in [0.5, 0.6) is 11.5 Å². The van der Waals surface area contributed by atoms with Crippen LogP contribution in [0.15, 0.2) is 35.3 Å². The van der Waals surface area contributed by atoms with E-state index in [1.165, 1.54) is 41.8 Å². The average Bonchev–Trinajstić information content (AvgIpc) is 2.92. The van der Waals surface area contributed by atoms with Gasteiger partial charge in [0.05, 0.1) is 0 Å². The monoisotopic (exact) mass is 287 g/mol. The van der Waals surface area contributed by atoms with Gasteiger partial charge in [-0.15, -0.1) is 11.3 Å². The lowest BCUT2D eigenvalue weighted by Gasteiger charge is -2.01. The largest absolute Gasteiger partial charge is 0.504 e. The van der Waals surface area contributed by atoms with Gasteiger partial charge < -0.3 is 10.2 Å². The standard InChI is InChI=1S/C13H9N3O3S/c14-7-9(12(19)16-13-15-3-4-20-13)5-8-1-2-10(17)11(18)6-8/h1-6,17-18H,(H,15,16,19)/b9-5+. The fraction of sp³-hybridized carbons (Fsp3) is 0. The fourth-order valence-corrected chi connectivity index (χ4v) is 1.92. The molecule has 100 valence electrons. The second-order valence-electron chi connectivity index (χ2n) is 3.71. The third kappa shape index (κ3) is 3.13. The fourth-order valence-electron chi connectivity index (χ4n) is 1.40. The molecule has 20 heavy (non-hydrogen) atoms. The molecule has 0 atom stereocenters. The first-order valence-electron chi connectivity index (χ1n) is 5.45. The molecule has 3 N–H and O–H groups in total. The summed E-state index contributed by atoms with van der Waals surface area (Å²) < 4.78 is 0. The summed E-state index contributed by atoms with van der Waals surface area (Å²) in [6.45, 7) is 0. The molecule has 0 radical (unpaired) electrons. The molecule has 0 saturated carbocycles. The second-order valence-corrected chi connectivity index (χ2v) is 4.60. The van der Waals surface area contributed by atoms with E-state index in [4.69, 9.17) is 5.26 Å². The molecular formula is C13H9N3O3S. The van der Waals surface area contributed by atoms with Gasteiger partial charge in [0, 0.05) is 11.6 Å². The van der Waals surface area contributed by atoms with E-state index in [2.05, 4.69) is 10.3 Å². The molecule has 1 amide bonds. The molecule has 1 aromatic heterocycles. The number of nitrogens with one attached hydrogen (secondary N) is 1. The molecule has 1 heterocycles. The Balaban J connectivity index is 2.22. The minimum atomic E-state index is -0.588. The Bertz CT molecular complexity index is 702. The number of amides is 1. The number of phenols is 2. The molecule has 0 aliphatic carbocycles. The number of nitriles is 1. The van der Waals surface area contributed by atoms with Crippen LogP contribution in [-0.2, 0) is 4.79 Å². The highest BCUT2D eigenvalue weighted by Gasteiger charge is 2.11. The quantitative estimate of drug-likeness (QED) is 0.455. The number of hydrogen-bond acceptors (Lipinski definition) is 6. The Morgan fingerprint density at radius 2 is 2.20 bits per heavy atom. The van der Waals surface area contributed by atoms with Gasteiger partial charge in [0.25, 0.3) is 5.91 Å². The Kier molecular flexibility index (Phi) is 3.98. The summed E-state index contributed by atoms with van der Waals surface area (Å²) in [6.07, 6.45) is 2.84. The van der Waals surface area contributed by atoms with Crippen LogP contribution in [0.2, 0.25) is 0 Å². The molecule has 0 unspecified atom stereocenters. The topological polar surface area (TPSA) is 106 Å². The van der Waals surface area contributed by atoms with Crippen LogP contribution in [-0.4, -0.2) is 21.1 Å². The minimum absolute atomic E-state index is 0.134. The van der Waals surface area contributed by atoms with Crippen LogP contribution < -0.4 is 5.32 Å². The average molecular weight is 287 g/mol. The van der Waals surface area contributed by atoms with E-state index in [9.17, 15) is 15.0 Å². The van der Waals surface area contributed by atoms with Crippen molar-refractivity contribution in [3.63, 3.8) is 0 Å². The van der Waals surface area contributed by atoms with Crippen molar-refractivity contribution in [2.45, 2.75) is 0 Å². The summed E-state index contributed by atoms with van der Waals surface area (Å²) in [6, 6.07) is 5.78. The first-order chi connectivity index (χ1) is 9.60. The summed E-state index contributed by atoms with van der Waals surface area (Å²) in [7, 11) is 0. The Labute approximate surface area is 118 Å². The van der Waals surface area contributed by atoms with Crippen molar-refractivity contribution in [1.82, 2.24) is 4.98 Å². The summed E-state index contributed by atoms with van der Waals surface area (Å²) in [4.78, 5) is 15.7. The van der Waals surface area contributed by atoms with Gasteiger partial charge in [-0.25, -0.2) is 4.98 Å². The van der Waals surface area contributed by atoms with Gasteiger partial charge >= 0.3 is 0 Å². The molecule has 1 aromatic carbocycles. The van der Waals surface area contributed by atoms with Crippen LogP contribution in [0.1, 0.15) is 5.56 Å². The Morgan fingerprint density at radius 3 is 2.80 bits per heavy atom. The summed E-state index contributed by atoms with van der Waals surface area (Å²) in [5.74, 6) is -1.18. The van der Waals surface area contributed by atoms with Crippen molar-refractivity contribution in [1.29, 1.82) is 5.26 Å². The number of nitrogens with zero attached hydrogens (tertiary/aromatic N) is 2. The molecule has 0 fully saturated rings. The maximum atomic E-state index is 11.9. The lowest BCUT2D eigenvalue weighted by molar-refractivity contribution is -0.112. The molecule has 0 bridgehead atoms. The van der Waals surface area contributed by atoms with Crippen molar-refractivity contribution in [3.05, 3.63) is 40.9 Å². The molecule has 6 nitrogen and oxygen atoms in total. The Morgan fingerprint density at radius 1 is 1.40 bits per heavy atom. The minimum Gasteiger partial charge on any atom is -0.504 e. The van der Waals surface area contributed by atoms with Crippen molar-refractivity contribution >= 4 is 28.5 Å². The molecule has 2 aromatic rings. The van der Waals surface area contributed by atoms with Crippen molar-refractivity contribution in [2.75, 3.05) is 5.32 Å². The zero-order valence-electron chi connectivity index (χ0n) is 10.1. The highest BCUT2D eigenvalue weighted by molar-refractivity contribution is 7.13. The molecule has 0 aliphatic heterocycles. The lowest BCUT2D eigenvalue weighted by Crippen LogP contribution is -2.13. The van der Waals surface area contributed by atoms with Gasteiger partial charge in [-0.05, 0) is 23.8 Å². The van der Waals surface area contributed by atoms with E-state index in [-0.39, 0.29) is 17.1 Å². The van der Waals surface area contributed by atoms with E-state index in [0.29, 0.717) is 10.7 Å².